The van der Waals surface area contributed by atoms with E-state index >= 15 is 0 Å². The molecular formula is C16H15Cl2FO2. The van der Waals surface area contributed by atoms with Gasteiger partial charge < -0.3 is 9.47 Å². The summed E-state index contributed by atoms with van der Waals surface area (Å²) in [5.41, 5.74) is 1.71. The highest BCUT2D eigenvalue weighted by atomic mass is 35.5. The van der Waals surface area contributed by atoms with Gasteiger partial charge in [-0.15, -0.1) is 11.6 Å². The van der Waals surface area contributed by atoms with Gasteiger partial charge in [-0.2, -0.15) is 0 Å². The lowest BCUT2D eigenvalue weighted by Crippen LogP contribution is -2.01. The normalized spacial score (nSPS) is 12.0. The first kappa shape index (κ1) is 15.9. The van der Waals surface area contributed by atoms with E-state index in [1.54, 1.807) is 18.2 Å². The smallest absolute Gasteiger partial charge is 0.145 e. The fourth-order valence-corrected chi connectivity index (χ4v) is 2.78. The standard InChI is InChI=1S/C16H15Cl2FO2/c1-20-14-8-7-12(16(21-2)15(14)18)13(17)9-10-3-5-11(19)6-4-10/h3-8,13H,9H2,1-2H3. The van der Waals surface area contributed by atoms with E-state index in [-0.39, 0.29) is 11.2 Å². The summed E-state index contributed by atoms with van der Waals surface area (Å²) in [5.74, 6) is 0.760. The first-order valence-corrected chi connectivity index (χ1v) is 7.17. The minimum Gasteiger partial charge on any atom is -0.495 e. The molecule has 0 aliphatic carbocycles. The van der Waals surface area contributed by atoms with Crippen LogP contribution in [0.3, 0.4) is 0 Å². The molecule has 1 atom stereocenters. The zero-order chi connectivity index (χ0) is 15.4. The number of alkyl halides is 1. The van der Waals surface area contributed by atoms with Gasteiger partial charge in [0.15, 0.2) is 0 Å². The molecule has 0 N–H and O–H groups in total. The maximum atomic E-state index is 12.9. The molecule has 0 aliphatic rings. The summed E-state index contributed by atoms with van der Waals surface area (Å²) >= 11 is 12.7. The number of ether oxygens (including phenoxy) is 2. The van der Waals surface area contributed by atoms with E-state index in [1.165, 1.54) is 26.4 Å². The predicted octanol–water partition coefficient (Wildman–Crippen LogP) is 5.02. The summed E-state index contributed by atoms with van der Waals surface area (Å²) in [6, 6.07) is 9.82. The maximum Gasteiger partial charge on any atom is 0.145 e. The molecule has 112 valence electrons. The predicted molar refractivity (Wildman–Crippen MR) is 83.3 cm³/mol. The fraction of sp³-hybridized carbons (Fsp3) is 0.250. The van der Waals surface area contributed by atoms with Gasteiger partial charge in [0.05, 0.1) is 19.6 Å². The van der Waals surface area contributed by atoms with Crippen molar-refractivity contribution in [2.24, 2.45) is 0 Å². The molecule has 1 unspecified atom stereocenters. The molecule has 2 aromatic rings. The van der Waals surface area contributed by atoms with Gasteiger partial charge in [-0.25, -0.2) is 4.39 Å². The minimum atomic E-state index is -0.339. The van der Waals surface area contributed by atoms with Crippen LogP contribution in [-0.4, -0.2) is 14.2 Å². The van der Waals surface area contributed by atoms with Crippen molar-refractivity contribution in [3.05, 3.63) is 58.4 Å². The molecule has 0 saturated heterocycles. The lowest BCUT2D eigenvalue weighted by atomic mass is 10.0. The van der Waals surface area contributed by atoms with E-state index in [4.69, 9.17) is 32.7 Å². The van der Waals surface area contributed by atoms with E-state index in [9.17, 15) is 4.39 Å². The van der Waals surface area contributed by atoms with Crippen molar-refractivity contribution in [2.45, 2.75) is 11.8 Å². The van der Waals surface area contributed by atoms with Crippen LogP contribution >= 0.6 is 23.2 Å². The number of halogens is 3. The van der Waals surface area contributed by atoms with E-state index < -0.39 is 0 Å². The fourth-order valence-electron chi connectivity index (χ4n) is 2.10. The number of hydrogen-bond acceptors (Lipinski definition) is 2. The van der Waals surface area contributed by atoms with Crippen LogP contribution in [0.5, 0.6) is 11.5 Å². The van der Waals surface area contributed by atoms with Crippen LogP contribution in [0.25, 0.3) is 0 Å². The van der Waals surface area contributed by atoms with Gasteiger partial charge in [-0.05, 0) is 30.2 Å². The molecule has 0 fully saturated rings. The molecule has 0 heterocycles. The summed E-state index contributed by atoms with van der Waals surface area (Å²) in [5, 5.41) is 0.0519. The SMILES string of the molecule is COc1ccc(C(Cl)Cc2ccc(F)cc2)c(OC)c1Cl. The molecule has 0 amide bonds. The van der Waals surface area contributed by atoms with Crippen LogP contribution in [0.4, 0.5) is 4.39 Å². The van der Waals surface area contributed by atoms with Crippen LogP contribution in [0.2, 0.25) is 5.02 Å². The quantitative estimate of drug-likeness (QED) is 0.717. The van der Waals surface area contributed by atoms with Crippen LogP contribution in [0.15, 0.2) is 36.4 Å². The highest BCUT2D eigenvalue weighted by molar-refractivity contribution is 6.34. The maximum absolute atomic E-state index is 12.9. The molecule has 0 aliphatic heterocycles. The zero-order valence-corrected chi connectivity index (χ0v) is 13.2. The molecule has 0 spiro atoms. The summed E-state index contributed by atoms with van der Waals surface area (Å²) < 4.78 is 23.4. The van der Waals surface area contributed by atoms with Crippen LogP contribution < -0.4 is 9.47 Å². The van der Waals surface area contributed by atoms with Gasteiger partial charge >= 0.3 is 0 Å². The molecule has 0 saturated carbocycles. The third kappa shape index (κ3) is 3.60. The van der Waals surface area contributed by atoms with Crippen molar-refractivity contribution >= 4 is 23.2 Å². The summed E-state index contributed by atoms with van der Waals surface area (Å²) in [7, 11) is 3.07. The van der Waals surface area contributed by atoms with Crippen molar-refractivity contribution < 1.29 is 13.9 Å². The third-order valence-electron chi connectivity index (χ3n) is 3.18. The summed E-state index contributed by atoms with van der Waals surface area (Å²) in [6.07, 6.45) is 0.543. The molecule has 5 heteroatoms. The lowest BCUT2D eigenvalue weighted by Gasteiger charge is -2.17. The molecule has 21 heavy (non-hydrogen) atoms. The molecule has 0 bridgehead atoms. The first-order chi connectivity index (χ1) is 10.1. The minimum absolute atomic E-state index is 0.269. The van der Waals surface area contributed by atoms with Gasteiger partial charge in [0.1, 0.15) is 22.3 Å². The topological polar surface area (TPSA) is 18.5 Å². The average molecular weight is 329 g/mol. The Kier molecular flexibility index (Phi) is 5.32. The number of methoxy groups -OCH3 is 2. The van der Waals surface area contributed by atoms with E-state index in [0.717, 1.165) is 11.1 Å². The van der Waals surface area contributed by atoms with Gasteiger partial charge in [0.2, 0.25) is 0 Å². The largest absolute Gasteiger partial charge is 0.495 e. The number of rotatable bonds is 5. The third-order valence-corrected chi connectivity index (χ3v) is 3.93. The highest BCUT2D eigenvalue weighted by Crippen LogP contribution is 2.42. The van der Waals surface area contributed by atoms with Crippen molar-refractivity contribution in [1.29, 1.82) is 0 Å². The number of benzene rings is 2. The Balaban J connectivity index is 2.28. The second-order valence-electron chi connectivity index (χ2n) is 4.50. The lowest BCUT2D eigenvalue weighted by molar-refractivity contribution is 0.391. The van der Waals surface area contributed by atoms with Crippen LogP contribution in [0, 0.1) is 5.82 Å². The molecule has 0 aromatic heterocycles. The van der Waals surface area contributed by atoms with Gasteiger partial charge in [0.25, 0.3) is 0 Å². The Bertz CT molecular complexity index is 614. The highest BCUT2D eigenvalue weighted by Gasteiger charge is 2.19. The zero-order valence-electron chi connectivity index (χ0n) is 11.7. The van der Waals surface area contributed by atoms with E-state index in [2.05, 4.69) is 0 Å². The van der Waals surface area contributed by atoms with Crippen molar-refractivity contribution in [3.8, 4) is 11.5 Å². The Hall–Kier alpha value is -1.45. The molecule has 2 aromatic carbocycles. The molecule has 0 radical (unpaired) electrons. The number of hydrogen-bond donors (Lipinski definition) is 0. The Morgan fingerprint density at radius 1 is 1.05 bits per heavy atom. The van der Waals surface area contributed by atoms with Gasteiger partial charge in [0, 0.05) is 5.56 Å². The Labute approximate surface area is 133 Å². The van der Waals surface area contributed by atoms with Crippen LogP contribution in [0.1, 0.15) is 16.5 Å². The second-order valence-corrected chi connectivity index (χ2v) is 5.41. The van der Waals surface area contributed by atoms with Crippen molar-refractivity contribution in [1.82, 2.24) is 0 Å². The second kappa shape index (κ2) is 7.01. The van der Waals surface area contributed by atoms with Crippen molar-refractivity contribution in [3.63, 3.8) is 0 Å². The Morgan fingerprint density at radius 2 is 1.71 bits per heavy atom. The molecule has 2 nitrogen and oxygen atoms in total. The molecule has 2 rings (SSSR count). The first-order valence-electron chi connectivity index (χ1n) is 6.35. The van der Waals surface area contributed by atoms with Crippen LogP contribution in [-0.2, 0) is 6.42 Å². The molecular weight excluding hydrogens is 314 g/mol. The van der Waals surface area contributed by atoms with E-state index in [0.29, 0.717) is 22.9 Å². The summed E-state index contributed by atoms with van der Waals surface area (Å²) in [6.45, 7) is 0. The van der Waals surface area contributed by atoms with E-state index in [1.807, 2.05) is 6.07 Å². The average Bonchev–Trinajstić information content (AvgIpc) is 2.49. The van der Waals surface area contributed by atoms with Crippen molar-refractivity contribution in [2.75, 3.05) is 14.2 Å². The summed E-state index contributed by atoms with van der Waals surface area (Å²) in [4.78, 5) is 0. The Morgan fingerprint density at radius 3 is 2.29 bits per heavy atom. The van der Waals surface area contributed by atoms with Gasteiger partial charge in [-0.1, -0.05) is 29.8 Å². The monoisotopic (exact) mass is 328 g/mol. The van der Waals surface area contributed by atoms with Gasteiger partial charge in [-0.3, -0.25) is 0 Å².